The molecule has 0 unspecified atom stereocenters. The zero-order valence-electron chi connectivity index (χ0n) is 11.7. The first-order chi connectivity index (χ1) is 9.83. The summed E-state index contributed by atoms with van der Waals surface area (Å²) in [5, 5.41) is 5.49. The highest BCUT2D eigenvalue weighted by Crippen LogP contribution is 2.48. The van der Waals surface area contributed by atoms with Gasteiger partial charge in [0.05, 0.1) is 12.6 Å². The second-order valence-corrected chi connectivity index (χ2v) is 7.71. The van der Waals surface area contributed by atoms with Crippen molar-refractivity contribution in [2.24, 2.45) is 0 Å². The molecule has 0 aliphatic carbocycles. The Morgan fingerprint density at radius 2 is 1.95 bits per heavy atom. The molecule has 21 heavy (non-hydrogen) atoms. The van der Waals surface area contributed by atoms with E-state index in [1.807, 2.05) is 30.3 Å². The summed E-state index contributed by atoms with van der Waals surface area (Å²) in [4.78, 5) is 24.4. The van der Waals surface area contributed by atoms with Crippen molar-refractivity contribution in [3.05, 3.63) is 35.9 Å². The molecule has 1 aromatic carbocycles. The monoisotopic (exact) mass is 418 g/mol. The lowest BCUT2D eigenvalue weighted by Crippen LogP contribution is -2.71. The van der Waals surface area contributed by atoms with E-state index in [2.05, 4.69) is 42.5 Å². The van der Waals surface area contributed by atoms with Gasteiger partial charge in [-0.15, -0.1) is 0 Å². The Labute approximate surface area is 140 Å². The second kappa shape index (κ2) is 5.96. The van der Waals surface area contributed by atoms with E-state index in [4.69, 9.17) is 4.74 Å². The Morgan fingerprint density at radius 3 is 2.52 bits per heavy atom. The van der Waals surface area contributed by atoms with E-state index in [9.17, 15) is 9.59 Å². The van der Waals surface area contributed by atoms with Gasteiger partial charge in [0.2, 0.25) is 0 Å². The summed E-state index contributed by atoms with van der Waals surface area (Å²) in [6, 6.07) is 8.36. The topological polar surface area (TPSA) is 67.4 Å². The first-order valence-corrected chi connectivity index (χ1v) is 8.10. The third-order valence-corrected chi connectivity index (χ3v) is 6.34. The van der Waals surface area contributed by atoms with Crippen LogP contribution < -0.4 is 10.6 Å². The van der Waals surface area contributed by atoms with Gasteiger partial charge < -0.3 is 15.4 Å². The van der Waals surface area contributed by atoms with Crippen molar-refractivity contribution in [3.63, 3.8) is 0 Å². The molecule has 0 saturated carbocycles. The van der Waals surface area contributed by atoms with Crippen LogP contribution in [0.15, 0.2) is 30.3 Å². The molecule has 0 aromatic heterocycles. The first kappa shape index (κ1) is 16.3. The summed E-state index contributed by atoms with van der Waals surface area (Å²) in [5.41, 5.74) is 0.808. The SMILES string of the molecule is CCOC(=O)[C@]1(Br)[C@H](c2ccccc2)NC(=O)N[C@@]1(C)Br. The first-order valence-electron chi connectivity index (χ1n) is 6.51. The van der Waals surface area contributed by atoms with E-state index in [1.54, 1.807) is 13.8 Å². The number of halogens is 2. The van der Waals surface area contributed by atoms with Crippen molar-refractivity contribution in [2.75, 3.05) is 6.61 Å². The summed E-state index contributed by atoms with van der Waals surface area (Å²) in [5.74, 6) is -0.453. The van der Waals surface area contributed by atoms with Gasteiger partial charge >= 0.3 is 12.0 Å². The number of amides is 2. The van der Waals surface area contributed by atoms with Gasteiger partial charge in [-0.1, -0.05) is 62.2 Å². The predicted octanol–water partition coefficient (Wildman–Crippen LogP) is 2.85. The maximum Gasteiger partial charge on any atom is 0.328 e. The molecule has 1 heterocycles. The molecule has 2 amide bonds. The van der Waals surface area contributed by atoms with Crippen LogP contribution in [0, 0.1) is 0 Å². The smallest absolute Gasteiger partial charge is 0.328 e. The van der Waals surface area contributed by atoms with Crippen molar-refractivity contribution >= 4 is 43.9 Å². The quantitative estimate of drug-likeness (QED) is 0.449. The Balaban J connectivity index is 2.52. The molecule has 1 aliphatic rings. The molecule has 0 bridgehead atoms. The number of ether oxygens (including phenoxy) is 1. The molecule has 0 radical (unpaired) electrons. The number of carbonyl (C=O) groups excluding carboxylic acids is 2. The minimum atomic E-state index is -1.19. The lowest BCUT2D eigenvalue weighted by molar-refractivity contribution is -0.148. The summed E-state index contributed by atoms with van der Waals surface area (Å²) in [6.45, 7) is 3.71. The number of benzene rings is 1. The Hall–Kier alpha value is -1.08. The number of alkyl halides is 2. The fraction of sp³-hybridized carbons (Fsp3) is 0.429. The number of hydrogen-bond donors (Lipinski definition) is 2. The van der Waals surface area contributed by atoms with Gasteiger partial charge in [0.15, 0.2) is 4.32 Å². The van der Waals surface area contributed by atoms with E-state index in [0.717, 1.165) is 5.56 Å². The Kier molecular flexibility index (Phi) is 4.63. The summed E-state index contributed by atoms with van der Waals surface area (Å²) in [7, 11) is 0. The number of urea groups is 1. The molecule has 0 spiro atoms. The van der Waals surface area contributed by atoms with Crippen molar-refractivity contribution in [2.45, 2.75) is 28.7 Å². The maximum atomic E-state index is 12.5. The molecule has 1 fully saturated rings. The van der Waals surface area contributed by atoms with Gasteiger partial charge in [0, 0.05) is 0 Å². The number of hydrogen-bond acceptors (Lipinski definition) is 3. The van der Waals surface area contributed by atoms with Crippen LogP contribution in [0.4, 0.5) is 4.79 Å². The van der Waals surface area contributed by atoms with Crippen LogP contribution >= 0.6 is 31.9 Å². The Bertz CT molecular complexity index is 550. The number of carbonyl (C=O) groups is 2. The van der Waals surface area contributed by atoms with Gasteiger partial charge in [0.25, 0.3) is 0 Å². The number of esters is 1. The number of nitrogens with one attached hydrogen (secondary N) is 2. The largest absolute Gasteiger partial charge is 0.465 e. The van der Waals surface area contributed by atoms with Crippen LogP contribution in [-0.2, 0) is 9.53 Å². The predicted molar refractivity (Wildman–Crippen MR) is 86.5 cm³/mol. The zero-order valence-corrected chi connectivity index (χ0v) is 14.8. The third kappa shape index (κ3) is 2.81. The molecule has 3 atom stereocenters. The average molecular weight is 420 g/mol. The van der Waals surface area contributed by atoms with E-state index in [0.29, 0.717) is 0 Å². The molecule has 5 nitrogen and oxygen atoms in total. The zero-order chi connectivity index (χ0) is 15.7. The lowest BCUT2D eigenvalue weighted by atomic mass is 9.85. The van der Waals surface area contributed by atoms with Crippen LogP contribution in [0.5, 0.6) is 0 Å². The summed E-state index contributed by atoms with van der Waals surface area (Å²) in [6.07, 6.45) is 0. The van der Waals surface area contributed by atoms with Crippen LogP contribution in [0.25, 0.3) is 0 Å². The highest BCUT2D eigenvalue weighted by Gasteiger charge is 2.61. The van der Waals surface area contributed by atoms with Gasteiger partial charge in [-0.3, -0.25) is 4.79 Å². The Morgan fingerprint density at radius 1 is 1.33 bits per heavy atom. The van der Waals surface area contributed by atoms with Crippen molar-refractivity contribution in [3.8, 4) is 0 Å². The maximum absolute atomic E-state index is 12.5. The summed E-state index contributed by atoms with van der Waals surface area (Å²) >= 11 is 6.96. The minimum Gasteiger partial charge on any atom is -0.465 e. The lowest BCUT2D eigenvalue weighted by Gasteiger charge is -2.48. The van der Waals surface area contributed by atoms with E-state index < -0.39 is 20.8 Å². The van der Waals surface area contributed by atoms with E-state index in [1.165, 1.54) is 0 Å². The second-order valence-electron chi connectivity index (χ2n) is 4.88. The minimum absolute atomic E-state index is 0.255. The van der Waals surface area contributed by atoms with Crippen molar-refractivity contribution in [1.82, 2.24) is 10.6 Å². The van der Waals surface area contributed by atoms with Crippen molar-refractivity contribution in [1.29, 1.82) is 0 Å². The molecule has 7 heteroatoms. The van der Waals surface area contributed by atoms with E-state index in [-0.39, 0.29) is 12.6 Å². The van der Waals surface area contributed by atoms with Gasteiger partial charge in [-0.25, -0.2) is 4.79 Å². The molecule has 2 N–H and O–H groups in total. The van der Waals surface area contributed by atoms with Gasteiger partial charge in [0.1, 0.15) is 4.45 Å². The molecule has 114 valence electrons. The highest BCUT2D eigenvalue weighted by molar-refractivity contribution is 9.13. The van der Waals surface area contributed by atoms with Gasteiger partial charge in [-0.2, -0.15) is 0 Å². The molecule has 2 rings (SSSR count). The van der Waals surface area contributed by atoms with Crippen LogP contribution in [-0.4, -0.2) is 27.4 Å². The molecular weight excluding hydrogens is 404 g/mol. The summed E-state index contributed by atoms with van der Waals surface area (Å²) < 4.78 is 3.01. The molecule has 1 aliphatic heterocycles. The van der Waals surface area contributed by atoms with Crippen LogP contribution in [0.2, 0.25) is 0 Å². The average Bonchev–Trinajstić information content (AvgIpc) is 2.43. The normalized spacial score (nSPS) is 32.0. The number of rotatable bonds is 3. The molecule has 1 aromatic rings. The molecule has 1 saturated heterocycles. The van der Waals surface area contributed by atoms with E-state index >= 15 is 0 Å². The standard InChI is InChI=1S/C14H16Br2N2O3/c1-3-21-11(19)14(16)10(9-7-5-4-6-8-9)17-12(20)18-13(14,2)15/h4-8,10H,3H2,1-2H3,(H2,17,18,20)/t10-,13+,14+/m0/s1. The van der Waals surface area contributed by atoms with Crippen molar-refractivity contribution < 1.29 is 14.3 Å². The van der Waals surface area contributed by atoms with Crippen LogP contribution in [0.1, 0.15) is 25.5 Å². The molecular formula is C14H16Br2N2O3. The van der Waals surface area contributed by atoms with Crippen LogP contribution in [0.3, 0.4) is 0 Å². The third-order valence-electron chi connectivity index (χ3n) is 3.41. The van der Waals surface area contributed by atoms with Gasteiger partial charge in [-0.05, 0) is 19.4 Å². The fourth-order valence-electron chi connectivity index (χ4n) is 2.35. The highest BCUT2D eigenvalue weighted by atomic mass is 79.9. The fourth-order valence-corrected chi connectivity index (χ4v) is 3.51.